The number of allylic oxidation sites excluding steroid dienone is 2. The normalized spacial score (nSPS) is 17.6. The van der Waals surface area contributed by atoms with Crippen molar-refractivity contribution in [2.75, 3.05) is 0 Å². The SMILES string of the molecule is CCCCC1=Cc2c(ccc(C(C)(C)C)c2-c2cc(C(C)(C)C)cc(C(C)(C)C)c2)[CH]1[Zr]([Cl])([Cl])([c]1cccc2c1[SiH2]c1ccccc1-2)[CH]1C(CCCC)=Cc2c1ccc(C(C)(C)C)c2-c1cc(C(C)(C)C)cc(C(C)(C)C)c1. The monoisotopic (exact) mass is 1170 g/mol. The molecule has 0 N–H and O–H groups in total. The van der Waals surface area contributed by atoms with Crippen LogP contribution in [0.5, 0.6) is 0 Å². The Kier molecular flexibility index (Phi) is 15.5. The molecule has 0 aromatic heterocycles. The van der Waals surface area contributed by atoms with Gasteiger partial charge in [-0.3, -0.25) is 0 Å². The zero-order chi connectivity index (χ0) is 57.1. The zero-order valence-electron chi connectivity index (χ0n) is 51.8. The Bertz CT molecular complexity index is 3150. The van der Waals surface area contributed by atoms with Crippen molar-refractivity contribution in [1.29, 1.82) is 0 Å². The van der Waals surface area contributed by atoms with Crippen LogP contribution in [0.2, 0.25) is 0 Å². The van der Waals surface area contributed by atoms with E-state index in [0.717, 1.165) is 38.5 Å². The van der Waals surface area contributed by atoms with E-state index in [1.54, 1.807) is 0 Å². The first-order chi connectivity index (χ1) is 36.1. The van der Waals surface area contributed by atoms with Crippen LogP contribution in [0.4, 0.5) is 0 Å². The molecular formula is C74H95Cl2SiZr. The van der Waals surface area contributed by atoms with E-state index < -0.39 is 25.9 Å². The van der Waals surface area contributed by atoms with E-state index in [1.165, 1.54) is 114 Å². The summed E-state index contributed by atoms with van der Waals surface area (Å²) < 4.78 is 1.02. The maximum atomic E-state index is 9.87. The molecule has 6 aromatic carbocycles. The molecule has 0 radical (unpaired) electrons. The summed E-state index contributed by atoms with van der Waals surface area (Å²) in [5.74, 6) is 0. The molecule has 2 atom stereocenters. The van der Waals surface area contributed by atoms with E-state index in [9.17, 15) is 17.0 Å². The van der Waals surface area contributed by atoms with Gasteiger partial charge in [0.1, 0.15) is 0 Å². The van der Waals surface area contributed by atoms with E-state index in [0.29, 0.717) is 0 Å². The van der Waals surface area contributed by atoms with Crippen LogP contribution < -0.4 is 13.6 Å². The summed E-state index contributed by atoms with van der Waals surface area (Å²) in [4.78, 5) is 0. The van der Waals surface area contributed by atoms with Gasteiger partial charge < -0.3 is 0 Å². The van der Waals surface area contributed by atoms with E-state index in [1.807, 2.05) is 0 Å². The quantitative estimate of drug-likeness (QED) is 0.113. The summed E-state index contributed by atoms with van der Waals surface area (Å²) in [5, 5.41) is 2.99. The Hall–Kier alpha value is -3.52. The van der Waals surface area contributed by atoms with Gasteiger partial charge in [0.2, 0.25) is 0 Å². The minimum atomic E-state index is -5.94. The third-order valence-corrected chi connectivity index (χ3v) is 41.0. The van der Waals surface area contributed by atoms with Crippen molar-refractivity contribution < 1.29 is 16.4 Å². The van der Waals surface area contributed by atoms with Gasteiger partial charge in [0, 0.05) is 0 Å². The molecule has 0 saturated carbocycles. The van der Waals surface area contributed by atoms with Gasteiger partial charge in [-0.25, -0.2) is 0 Å². The summed E-state index contributed by atoms with van der Waals surface area (Å²) in [6.07, 6.45) is 11.6. The van der Waals surface area contributed by atoms with Crippen molar-refractivity contribution in [3.05, 3.63) is 170 Å². The summed E-state index contributed by atoms with van der Waals surface area (Å²) in [7, 11) is 18.8. The molecule has 1 heterocycles. The number of hydrogen-bond donors (Lipinski definition) is 0. The third-order valence-electron chi connectivity index (χ3n) is 18.2. The van der Waals surface area contributed by atoms with Crippen LogP contribution in [-0.2, 0) is 48.9 Å². The zero-order valence-corrected chi connectivity index (χ0v) is 57.2. The molecule has 1 aliphatic heterocycles. The van der Waals surface area contributed by atoms with Gasteiger partial charge in [-0.15, -0.1) is 0 Å². The van der Waals surface area contributed by atoms with Gasteiger partial charge in [-0.1, -0.05) is 0 Å². The number of benzene rings is 6. The van der Waals surface area contributed by atoms with E-state index in [-0.39, 0.29) is 39.7 Å². The van der Waals surface area contributed by atoms with Crippen LogP contribution in [-0.4, -0.2) is 9.52 Å². The van der Waals surface area contributed by atoms with E-state index in [2.05, 4.69) is 254 Å². The van der Waals surface area contributed by atoms with Gasteiger partial charge in [-0.05, 0) is 0 Å². The van der Waals surface area contributed by atoms with Crippen LogP contribution in [0.1, 0.15) is 240 Å². The fraction of sp³-hybridized carbons (Fsp3) is 0.459. The first kappa shape index (κ1) is 59.1. The Labute approximate surface area is 484 Å². The minimum absolute atomic E-state index is 0.0389. The Morgan fingerprint density at radius 2 is 0.821 bits per heavy atom. The van der Waals surface area contributed by atoms with Gasteiger partial charge in [-0.2, -0.15) is 0 Å². The average molecular weight is 1170 g/mol. The van der Waals surface area contributed by atoms with Crippen LogP contribution >= 0.6 is 17.0 Å². The second kappa shape index (κ2) is 20.4. The molecule has 3 aliphatic rings. The molecule has 413 valence electrons. The third kappa shape index (κ3) is 10.5. The molecule has 0 bridgehead atoms. The molecule has 4 heteroatoms. The Morgan fingerprint density at radius 3 is 1.19 bits per heavy atom. The van der Waals surface area contributed by atoms with Crippen molar-refractivity contribution in [3.63, 3.8) is 0 Å². The summed E-state index contributed by atoms with van der Waals surface area (Å²) in [6.45, 7) is 47.5. The van der Waals surface area contributed by atoms with E-state index >= 15 is 0 Å². The molecule has 0 amide bonds. The first-order valence-corrected chi connectivity index (χ1v) is 41.8. The first-order valence-electron chi connectivity index (χ1n) is 29.9. The van der Waals surface area contributed by atoms with Crippen LogP contribution in [0.25, 0.3) is 45.5 Å². The molecule has 78 heavy (non-hydrogen) atoms. The van der Waals surface area contributed by atoms with Crippen LogP contribution in [0, 0.1) is 0 Å². The Balaban J connectivity index is 1.45. The number of fused-ring (bicyclic) bond motifs is 5. The summed E-state index contributed by atoms with van der Waals surface area (Å²) >= 11 is -5.94. The number of hydrogen-bond acceptors (Lipinski definition) is 0. The van der Waals surface area contributed by atoms with Crippen LogP contribution in [0.3, 0.4) is 0 Å². The Morgan fingerprint density at radius 1 is 0.436 bits per heavy atom. The topological polar surface area (TPSA) is 0 Å². The fourth-order valence-electron chi connectivity index (χ4n) is 13.7. The van der Waals surface area contributed by atoms with Gasteiger partial charge >= 0.3 is 489 Å². The number of rotatable bonds is 11. The molecule has 2 aliphatic carbocycles. The van der Waals surface area contributed by atoms with Crippen molar-refractivity contribution in [1.82, 2.24) is 0 Å². The molecule has 0 nitrogen and oxygen atoms in total. The predicted octanol–water partition coefficient (Wildman–Crippen LogP) is 20.2. The standard InChI is InChI=1S/2C31H43.C12H9Si.2ClH.Zr/c2*1-11-12-13-21-16-22-14-15-27(31(8,9)10)28(26(22)17-21)23-18-24(29(2,3)4)20-25(19-23)30(5,6)7;1-3-7-11-9(5-1)10-6-2-4-8-12(10)13-11;;;/h2*14-20H,11-13H2,1-10H3;1-7H,13H2;2*1H;/q;;;;;+2/p-2. The summed E-state index contributed by atoms with van der Waals surface area (Å²) in [6, 6.07) is 41.5. The second-order valence-electron chi connectivity index (χ2n) is 30.4. The number of unbranched alkanes of at least 4 members (excludes halogenated alkanes) is 2. The molecule has 0 fully saturated rings. The van der Waals surface area contributed by atoms with E-state index in [4.69, 9.17) is 0 Å². The molecule has 0 spiro atoms. The molecular weight excluding hydrogens is 1080 g/mol. The van der Waals surface area contributed by atoms with Crippen molar-refractivity contribution >= 4 is 52.3 Å². The summed E-state index contributed by atoms with van der Waals surface area (Å²) in [5.41, 5.74) is 24.2. The van der Waals surface area contributed by atoms with Gasteiger partial charge in [0.15, 0.2) is 0 Å². The van der Waals surface area contributed by atoms with Gasteiger partial charge in [0.25, 0.3) is 0 Å². The molecule has 2 unspecified atom stereocenters. The van der Waals surface area contributed by atoms with Crippen molar-refractivity contribution in [2.45, 2.75) is 217 Å². The molecule has 0 saturated heterocycles. The predicted molar refractivity (Wildman–Crippen MR) is 347 cm³/mol. The van der Waals surface area contributed by atoms with Crippen LogP contribution in [0.15, 0.2) is 114 Å². The maximum absolute atomic E-state index is 9.87. The van der Waals surface area contributed by atoms with Crippen molar-refractivity contribution in [2.24, 2.45) is 0 Å². The molecule has 6 aromatic rings. The number of halogens is 2. The van der Waals surface area contributed by atoms with Gasteiger partial charge in [0.05, 0.1) is 0 Å². The van der Waals surface area contributed by atoms with Crippen molar-refractivity contribution in [3.8, 4) is 33.4 Å². The fourth-order valence-corrected chi connectivity index (χ4v) is 41.7. The second-order valence-corrected chi connectivity index (χ2v) is 52.8. The average Bonchev–Trinajstić information content (AvgIpc) is 4.07. The molecule has 9 rings (SSSR count).